The third-order valence-corrected chi connectivity index (χ3v) is 7.52. The first kappa shape index (κ1) is 24.3. The molecule has 2 amide bonds. The number of benzene rings is 1. The first-order valence-corrected chi connectivity index (χ1v) is 13.1. The van der Waals surface area contributed by atoms with Crippen LogP contribution < -0.4 is 15.0 Å². The molecule has 2 N–H and O–H groups in total. The number of rotatable bonds is 3. The fraction of sp³-hybridized carbons (Fsp3) is 0.444. The van der Waals surface area contributed by atoms with Gasteiger partial charge >= 0.3 is 0 Å². The third-order valence-electron chi connectivity index (χ3n) is 6.67. The van der Waals surface area contributed by atoms with Gasteiger partial charge in [0, 0.05) is 35.8 Å². The monoisotopic (exact) mass is 506 g/mol. The van der Waals surface area contributed by atoms with Crippen molar-refractivity contribution in [2.45, 2.75) is 63.5 Å². The van der Waals surface area contributed by atoms with Crippen LogP contribution in [0.1, 0.15) is 73.6 Å². The summed E-state index contributed by atoms with van der Waals surface area (Å²) in [4.78, 5) is 33.1. The number of nitrogens with zero attached hydrogens (tertiary/aromatic N) is 3. The number of carbonyl (C=O) groups is 2. The lowest BCUT2D eigenvalue weighted by molar-refractivity contribution is -0.120. The molecule has 5 rings (SSSR count). The number of thiazole rings is 1. The van der Waals surface area contributed by atoms with Crippen molar-refractivity contribution >= 4 is 33.8 Å². The number of aromatic nitrogens is 2. The minimum absolute atomic E-state index is 0.00610. The van der Waals surface area contributed by atoms with Gasteiger partial charge in [-0.2, -0.15) is 0 Å². The molecule has 0 spiro atoms. The van der Waals surface area contributed by atoms with E-state index in [0.717, 1.165) is 17.8 Å². The molecule has 0 radical (unpaired) electrons. The Kier molecular flexibility index (Phi) is 6.49. The minimum atomic E-state index is -1.13. The number of amides is 2. The largest absolute Gasteiger partial charge is 0.489 e. The number of carbonyl (C=O) groups excluding carboxylic acids is 2. The highest BCUT2D eigenvalue weighted by molar-refractivity contribution is 7.15. The molecule has 0 bridgehead atoms. The third kappa shape index (κ3) is 4.97. The van der Waals surface area contributed by atoms with E-state index in [0.29, 0.717) is 28.6 Å². The Bertz CT molecular complexity index is 1370. The van der Waals surface area contributed by atoms with Gasteiger partial charge in [0.25, 0.3) is 11.8 Å². The van der Waals surface area contributed by atoms with Crippen LogP contribution in [0.25, 0.3) is 4.96 Å². The zero-order valence-electron chi connectivity index (χ0n) is 20.7. The first-order valence-electron chi connectivity index (χ1n) is 12.3. The molecule has 2 aromatic heterocycles. The zero-order valence-corrected chi connectivity index (χ0v) is 21.5. The van der Waals surface area contributed by atoms with Gasteiger partial charge < -0.3 is 20.1 Å². The molecule has 8 nitrogen and oxygen atoms in total. The average Bonchev–Trinajstić information content (AvgIpc) is 3.43. The minimum Gasteiger partial charge on any atom is -0.489 e. The topological polar surface area (TPSA) is 96.2 Å². The van der Waals surface area contributed by atoms with Crippen LogP contribution >= 0.6 is 11.3 Å². The Morgan fingerprint density at radius 1 is 1.28 bits per heavy atom. The van der Waals surface area contributed by atoms with Crippen LogP contribution in [-0.2, 0) is 4.79 Å². The van der Waals surface area contributed by atoms with E-state index in [4.69, 9.17) is 4.74 Å². The van der Waals surface area contributed by atoms with Gasteiger partial charge in [0.05, 0.1) is 5.69 Å². The van der Waals surface area contributed by atoms with E-state index in [-0.39, 0.29) is 12.5 Å². The van der Waals surface area contributed by atoms with Crippen molar-refractivity contribution < 1.29 is 19.4 Å². The Balaban J connectivity index is 1.32. The van der Waals surface area contributed by atoms with Crippen molar-refractivity contribution in [3.63, 3.8) is 0 Å². The summed E-state index contributed by atoms with van der Waals surface area (Å²) in [6.45, 7) is 3.22. The van der Waals surface area contributed by atoms with Gasteiger partial charge in [-0.15, -0.1) is 11.3 Å². The standard InChI is InChI=1S/C27H30N4O4S/c1-27(2,34)12-11-17-9-10-23-21(13-17)30(3)25(33)20(15-35-23)28-24(32)19-14-31-22(16-36-26(31)29-19)18-7-5-4-6-8-18/h9-10,13-14,16,18,20,34H,4-8,15H2,1-3H3,(H,28,32). The number of hydrogen-bond donors (Lipinski definition) is 2. The number of fused-ring (bicyclic) bond motifs is 2. The second-order valence-corrected chi connectivity index (χ2v) is 10.8. The van der Waals surface area contributed by atoms with E-state index in [1.807, 2.05) is 4.40 Å². The Morgan fingerprint density at radius 3 is 2.81 bits per heavy atom. The number of hydrogen-bond acceptors (Lipinski definition) is 6. The SMILES string of the molecule is CN1C(=O)C(NC(=O)c2cn3c(C4CCCCC4)csc3n2)COc2ccc(C#CC(C)(C)O)cc21. The maximum atomic E-state index is 13.2. The zero-order chi connectivity index (χ0) is 25.4. The van der Waals surface area contributed by atoms with E-state index in [2.05, 4.69) is 27.5 Å². The van der Waals surface area contributed by atoms with Crippen LogP contribution in [0.3, 0.4) is 0 Å². The molecule has 1 saturated carbocycles. The number of ether oxygens (including phenoxy) is 1. The molecule has 1 fully saturated rings. The van der Waals surface area contributed by atoms with Crippen molar-refractivity contribution in [1.29, 1.82) is 0 Å². The summed E-state index contributed by atoms with van der Waals surface area (Å²) < 4.78 is 7.91. The Labute approximate surface area is 214 Å². The van der Waals surface area contributed by atoms with E-state index >= 15 is 0 Å². The lowest BCUT2D eigenvalue weighted by Gasteiger charge is -2.21. The van der Waals surface area contributed by atoms with Crippen LogP contribution in [0.15, 0.2) is 29.8 Å². The van der Waals surface area contributed by atoms with E-state index < -0.39 is 17.6 Å². The summed E-state index contributed by atoms with van der Waals surface area (Å²) >= 11 is 1.54. The molecule has 3 heterocycles. The summed E-state index contributed by atoms with van der Waals surface area (Å²) in [7, 11) is 1.64. The molecule has 3 aromatic rings. The van der Waals surface area contributed by atoms with Crippen LogP contribution in [0, 0.1) is 11.8 Å². The van der Waals surface area contributed by atoms with Gasteiger partial charge in [-0.25, -0.2) is 4.98 Å². The molecule has 188 valence electrons. The smallest absolute Gasteiger partial charge is 0.272 e. The summed E-state index contributed by atoms with van der Waals surface area (Å²) in [6, 6.07) is 4.40. The number of likely N-dealkylation sites (N-methyl/N-ethyl adjacent to an activating group) is 1. The van der Waals surface area contributed by atoms with E-state index in [9.17, 15) is 14.7 Å². The molecule has 36 heavy (non-hydrogen) atoms. The van der Waals surface area contributed by atoms with Crippen LogP contribution in [0.5, 0.6) is 5.75 Å². The van der Waals surface area contributed by atoms with Crippen molar-refractivity contribution in [2.24, 2.45) is 0 Å². The van der Waals surface area contributed by atoms with E-state index in [1.165, 1.54) is 41.2 Å². The molecule has 9 heteroatoms. The Hall–Kier alpha value is -3.35. The molecule has 1 aliphatic carbocycles. The number of imidazole rings is 1. The lowest BCUT2D eigenvalue weighted by Crippen LogP contribution is -2.49. The van der Waals surface area contributed by atoms with Crippen LogP contribution in [0.2, 0.25) is 0 Å². The predicted molar refractivity (Wildman–Crippen MR) is 139 cm³/mol. The summed E-state index contributed by atoms with van der Waals surface area (Å²) in [5.74, 6) is 6.02. The molecule has 1 unspecified atom stereocenters. The van der Waals surface area contributed by atoms with Gasteiger partial charge in [0.1, 0.15) is 29.7 Å². The quantitative estimate of drug-likeness (QED) is 0.528. The fourth-order valence-corrected chi connectivity index (χ4v) is 5.69. The molecule has 0 saturated heterocycles. The lowest BCUT2D eigenvalue weighted by atomic mass is 9.87. The van der Waals surface area contributed by atoms with E-state index in [1.54, 1.807) is 45.3 Å². The summed E-state index contributed by atoms with van der Waals surface area (Å²) in [5, 5.41) is 14.8. The highest BCUT2D eigenvalue weighted by Gasteiger charge is 2.32. The van der Waals surface area contributed by atoms with Crippen molar-refractivity contribution in [2.75, 3.05) is 18.6 Å². The first-order chi connectivity index (χ1) is 17.2. The normalized spacial score (nSPS) is 18.7. The summed E-state index contributed by atoms with van der Waals surface area (Å²) in [6.07, 6.45) is 7.86. The fourth-order valence-electron chi connectivity index (χ4n) is 4.74. The molecule has 1 aliphatic heterocycles. The second-order valence-electron chi connectivity index (χ2n) is 10.0. The molecular formula is C27H30N4O4S. The van der Waals surface area contributed by atoms with Gasteiger partial charge in [-0.3, -0.25) is 14.0 Å². The number of nitrogens with one attached hydrogen (secondary N) is 1. The molecule has 1 atom stereocenters. The van der Waals surface area contributed by atoms with Crippen molar-refractivity contribution in [1.82, 2.24) is 14.7 Å². The molecule has 2 aliphatic rings. The Morgan fingerprint density at radius 2 is 2.06 bits per heavy atom. The molecular weight excluding hydrogens is 476 g/mol. The van der Waals surface area contributed by atoms with Crippen molar-refractivity contribution in [3.8, 4) is 17.6 Å². The van der Waals surface area contributed by atoms with Gasteiger partial charge in [0.15, 0.2) is 4.96 Å². The maximum absolute atomic E-state index is 13.2. The van der Waals surface area contributed by atoms with Crippen molar-refractivity contribution in [3.05, 3.63) is 46.7 Å². The number of aliphatic hydroxyl groups is 1. The van der Waals surface area contributed by atoms with Gasteiger partial charge in [-0.05, 0) is 44.9 Å². The highest BCUT2D eigenvalue weighted by atomic mass is 32.1. The van der Waals surface area contributed by atoms with Crippen LogP contribution in [-0.4, -0.2) is 51.6 Å². The number of anilines is 1. The molecule has 1 aromatic carbocycles. The van der Waals surface area contributed by atoms with Gasteiger partial charge in [0.2, 0.25) is 0 Å². The predicted octanol–water partition coefficient (Wildman–Crippen LogP) is 3.72. The average molecular weight is 507 g/mol. The van der Waals surface area contributed by atoms with Gasteiger partial charge in [-0.1, -0.05) is 31.1 Å². The second kappa shape index (κ2) is 9.60. The highest BCUT2D eigenvalue weighted by Crippen LogP contribution is 2.35. The summed E-state index contributed by atoms with van der Waals surface area (Å²) in [5.41, 5.74) is 1.58. The van der Waals surface area contributed by atoms with Crippen LogP contribution in [0.4, 0.5) is 5.69 Å². The maximum Gasteiger partial charge on any atom is 0.272 e.